The second-order valence-electron chi connectivity index (χ2n) is 7.05. The number of aliphatic hydroxyl groups excluding tert-OH is 1. The predicted molar refractivity (Wildman–Crippen MR) is 113 cm³/mol. The lowest BCUT2D eigenvalue weighted by Crippen LogP contribution is -2.30. The number of nitrogens with zero attached hydrogens (tertiary/aromatic N) is 1. The molecule has 1 N–H and O–H groups in total. The van der Waals surface area contributed by atoms with Gasteiger partial charge in [0.25, 0.3) is 11.7 Å². The van der Waals surface area contributed by atoms with Gasteiger partial charge >= 0.3 is 0 Å². The van der Waals surface area contributed by atoms with E-state index < -0.39 is 17.7 Å². The van der Waals surface area contributed by atoms with Crippen LogP contribution in [0.3, 0.4) is 0 Å². The molecule has 1 saturated heterocycles. The Balaban J connectivity index is 2.14. The van der Waals surface area contributed by atoms with Crippen LogP contribution in [0.25, 0.3) is 5.76 Å². The van der Waals surface area contributed by atoms with Gasteiger partial charge in [-0.3, -0.25) is 9.59 Å². The van der Waals surface area contributed by atoms with Crippen molar-refractivity contribution in [2.75, 3.05) is 13.2 Å². The number of hydrogen-bond acceptors (Lipinski definition) is 4. The molecule has 1 atom stereocenters. The van der Waals surface area contributed by atoms with Crippen molar-refractivity contribution in [3.8, 4) is 5.75 Å². The van der Waals surface area contributed by atoms with Crippen molar-refractivity contribution >= 4 is 17.4 Å². The van der Waals surface area contributed by atoms with Gasteiger partial charge in [-0.15, -0.1) is 0 Å². The number of likely N-dealkylation sites (tertiary alicyclic amines) is 1. The first-order valence-electron chi connectivity index (χ1n) is 10.1. The molecular formula is C24H27NO4. The SMILES string of the molecule is CCCN1C(=O)C(=O)/C(=C(\O)c2ccc(CC)cc2)C1c1cccc(OCC)c1. The number of Topliss-reactive ketones (excluding diaryl/α,β-unsaturated/α-hetero) is 1. The van der Waals surface area contributed by atoms with Gasteiger partial charge in [-0.1, -0.05) is 50.2 Å². The molecule has 5 heteroatoms. The average Bonchev–Trinajstić information content (AvgIpc) is 2.99. The zero-order chi connectivity index (χ0) is 21.0. The molecule has 1 amide bonds. The quantitative estimate of drug-likeness (QED) is 0.428. The summed E-state index contributed by atoms with van der Waals surface area (Å²) < 4.78 is 5.59. The van der Waals surface area contributed by atoms with Crippen LogP contribution in [0.15, 0.2) is 54.1 Å². The Labute approximate surface area is 171 Å². The number of hydrogen-bond donors (Lipinski definition) is 1. The molecule has 1 aliphatic rings. The van der Waals surface area contributed by atoms with E-state index in [-0.39, 0.29) is 11.3 Å². The molecule has 5 nitrogen and oxygen atoms in total. The van der Waals surface area contributed by atoms with Crippen molar-refractivity contribution in [2.45, 2.75) is 39.7 Å². The van der Waals surface area contributed by atoms with E-state index >= 15 is 0 Å². The number of carbonyl (C=O) groups is 2. The predicted octanol–water partition coefficient (Wildman–Crippen LogP) is 4.48. The third-order valence-electron chi connectivity index (χ3n) is 5.12. The molecule has 1 unspecified atom stereocenters. The van der Waals surface area contributed by atoms with E-state index in [1.807, 2.05) is 50.2 Å². The molecule has 1 fully saturated rings. The molecule has 3 rings (SSSR count). The Morgan fingerprint density at radius 3 is 2.41 bits per heavy atom. The number of amides is 1. The molecule has 152 valence electrons. The molecule has 0 radical (unpaired) electrons. The maximum Gasteiger partial charge on any atom is 0.295 e. The normalized spacial score (nSPS) is 18.3. The zero-order valence-corrected chi connectivity index (χ0v) is 17.1. The lowest BCUT2D eigenvalue weighted by Gasteiger charge is -2.25. The lowest BCUT2D eigenvalue weighted by molar-refractivity contribution is -0.139. The van der Waals surface area contributed by atoms with Gasteiger partial charge in [-0.05, 0) is 43.0 Å². The Bertz CT molecular complexity index is 930. The Hall–Kier alpha value is -3.08. The van der Waals surface area contributed by atoms with Gasteiger partial charge in [0, 0.05) is 12.1 Å². The number of carbonyl (C=O) groups excluding carboxylic acids is 2. The third-order valence-corrected chi connectivity index (χ3v) is 5.12. The van der Waals surface area contributed by atoms with Crippen LogP contribution in [0.4, 0.5) is 0 Å². The van der Waals surface area contributed by atoms with E-state index in [9.17, 15) is 14.7 Å². The molecule has 0 spiro atoms. The summed E-state index contributed by atoms with van der Waals surface area (Å²) in [5, 5.41) is 11.0. The summed E-state index contributed by atoms with van der Waals surface area (Å²) in [5.74, 6) is -0.705. The topological polar surface area (TPSA) is 66.8 Å². The summed E-state index contributed by atoms with van der Waals surface area (Å²) >= 11 is 0. The number of aryl methyl sites for hydroxylation is 1. The molecule has 0 aliphatic carbocycles. The van der Waals surface area contributed by atoms with Gasteiger partial charge in [0.1, 0.15) is 11.5 Å². The highest BCUT2D eigenvalue weighted by Crippen LogP contribution is 2.40. The van der Waals surface area contributed by atoms with Gasteiger partial charge in [-0.25, -0.2) is 0 Å². The Morgan fingerprint density at radius 2 is 1.79 bits per heavy atom. The first-order valence-corrected chi connectivity index (χ1v) is 10.1. The highest BCUT2D eigenvalue weighted by Gasteiger charge is 2.45. The van der Waals surface area contributed by atoms with E-state index in [1.54, 1.807) is 17.0 Å². The second kappa shape index (κ2) is 8.95. The minimum atomic E-state index is -0.651. The van der Waals surface area contributed by atoms with E-state index in [1.165, 1.54) is 0 Å². The molecule has 29 heavy (non-hydrogen) atoms. The van der Waals surface area contributed by atoms with Crippen molar-refractivity contribution in [1.82, 2.24) is 4.90 Å². The highest BCUT2D eigenvalue weighted by molar-refractivity contribution is 6.46. The fourth-order valence-corrected chi connectivity index (χ4v) is 3.69. The van der Waals surface area contributed by atoms with Gasteiger partial charge in [0.05, 0.1) is 18.2 Å². The summed E-state index contributed by atoms with van der Waals surface area (Å²) in [6.07, 6.45) is 1.59. The number of ketones is 1. The number of ether oxygens (including phenoxy) is 1. The van der Waals surface area contributed by atoms with Crippen LogP contribution in [0.1, 0.15) is 49.9 Å². The fourth-order valence-electron chi connectivity index (χ4n) is 3.69. The molecule has 0 aromatic heterocycles. The maximum atomic E-state index is 12.9. The van der Waals surface area contributed by atoms with Gasteiger partial charge in [0.15, 0.2) is 0 Å². The highest BCUT2D eigenvalue weighted by atomic mass is 16.5. The van der Waals surface area contributed by atoms with Crippen molar-refractivity contribution in [3.05, 3.63) is 70.8 Å². The van der Waals surface area contributed by atoms with Crippen LogP contribution in [0.2, 0.25) is 0 Å². The molecule has 1 aliphatic heterocycles. The van der Waals surface area contributed by atoms with Crippen molar-refractivity contribution in [3.63, 3.8) is 0 Å². The largest absolute Gasteiger partial charge is 0.507 e. The zero-order valence-electron chi connectivity index (χ0n) is 17.1. The number of aliphatic hydroxyl groups is 1. The van der Waals surface area contributed by atoms with E-state index in [4.69, 9.17) is 4.74 Å². The summed E-state index contributed by atoms with van der Waals surface area (Å²) in [5.41, 5.74) is 2.54. The Morgan fingerprint density at radius 1 is 1.07 bits per heavy atom. The number of rotatable bonds is 7. The Kier molecular flexibility index (Phi) is 6.37. The van der Waals surface area contributed by atoms with Gasteiger partial charge < -0.3 is 14.7 Å². The van der Waals surface area contributed by atoms with Crippen LogP contribution in [-0.4, -0.2) is 34.8 Å². The molecule has 1 heterocycles. The first-order chi connectivity index (χ1) is 14.0. The third kappa shape index (κ3) is 4.04. The van der Waals surface area contributed by atoms with E-state index in [0.717, 1.165) is 17.5 Å². The number of benzene rings is 2. The smallest absolute Gasteiger partial charge is 0.295 e. The standard InChI is InChI=1S/C24H27NO4/c1-4-14-25-21(18-8-7-9-19(15-18)29-6-3)20(23(27)24(25)28)22(26)17-12-10-16(5-2)11-13-17/h7-13,15,21,26H,4-6,14H2,1-3H3/b22-20-. The van der Waals surface area contributed by atoms with Crippen LogP contribution >= 0.6 is 0 Å². The van der Waals surface area contributed by atoms with E-state index in [0.29, 0.717) is 30.9 Å². The lowest BCUT2D eigenvalue weighted by atomic mass is 9.94. The maximum absolute atomic E-state index is 12.9. The van der Waals surface area contributed by atoms with Crippen LogP contribution in [0, 0.1) is 0 Å². The van der Waals surface area contributed by atoms with Crippen LogP contribution in [0.5, 0.6) is 5.75 Å². The minimum Gasteiger partial charge on any atom is -0.507 e. The first kappa shape index (κ1) is 20.6. The van der Waals surface area contributed by atoms with Crippen LogP contribution < -0.4 is 4.74 Å². The monoisotopic (exact) mass is 393 g/mol. The van der Waals surface area contributed by atoms with Crippen LogP contribution in [-0.2, 0) is 16.0 Å². The summed E-state index contributed by atoms with van der Waals surface area (Å²) in [6.45, 7) is 6.85. The molecule has 2 aromatic rings. The molecule has 0 saturated carbocycles. The summed E-state index contributed by atoms with van der Waals surface area (Å²) in [7, 11) is 0. The minimum absolute atomic E-state index is 0.126. The van der Waals surface area contributed by atoms with Crippen molar-refractivity contribution in [2.24, 2.45) is 0 Å². The van der Waals surface area contributed by atoms with Gasteiger partial charge in [-0.2, -0.15) is 0 Å². The molecular weight excluding hydrogens is 366 g/mol. The van der Waals surface area contributed by atoms with Crippen molar-refractivity contribution < 1.29 is 19.4 Å². The summed E-state index contributed by atoms with van der Waals surface area (Å²) in [6, 6.07) is 14.1. The van der Waals surface area contributed by atoms with Gasteiger partial charge in [0.2, 0.25) is 0 Å². The second-order valence-corrected chi connectivity index (χ2v) is 7.05. The van der Waals surface area contributed by atoms with Crippen molar-refractivity contribution in [1.29, 1.82) is 0 Å². The molecule has 2 aromatic carbocycles. The average molecular weight is 393 g/mol. The molecule has 0 bridgehead atoms. The fraction of sp³-hybridized carbons (Fsp3) is 0.333. The van der Waals surface area contributed by atoms with E-state index in [2.05, 4.69) is 6.92 Å². The summed E-state index contributed by atoms with van der Waals surface area (Å²) in [4.78, 5) is 27.2.